The zero-order valence-electron chi connectivity index (χ0n) is 10.3. The zero-order chi connectivity index (χ0) is 15.1. The van der Waals surface area contributed by atoms with E-state index in [2.05, 4.69) is 26.6 Å². The quantitative estimate of drug-likeness (QED) is 0.586. The van der Waals surface area contributed by atoms with Gasteiger partial charge in [-0.1, -0.05) is 0 Å². The summed E-state index contributed by atoms with van der Waals surface area (Å²) >= 11 is 4.73. The summed E-state index contributed by atoms with van der Waals surface area (Å²) in [4.78, 5) is 33.7. The molecule has 7 nitrogen and oxygen atoms in total. The molecule has 1 aromatic heterocycles. The van der Waals surface area contributed by atoms with Crippen LogP contribution in [0.15, 0.2) is 15.9 Å². The Hall–Kier alpha value is -1.61. The molecule has 0 spiro atoms. The lowest BCUT2D eigenvalue weighted by Gasteiger charge is -2.13. The van der Waals surface area contributed by atoms with Crippen molar-refractivity contribution in [3.05, 3.63) is 20.8 Å². The Morgan fingerprint density at radius 2 is 2.05 bits per heavy atom. The summed E-state index contributed by atoms with van der Waals surface area (Å²) in [5.41, 5.74) is 0. The molecule has 0 aromatic carbocycles. The van der Waals surface area contributed by atoms with Crippen LogP contribution in [-0.2, 0) is 16.1 Å². The Kier molecular flexibility index (Phi) is 6.46. The number of aliphatic carboxylic acids is 2. The lowest BCUT2D eigenvalue weighted by atomic mass is 10.1. The van der Waals surface area contributed by atoms with Gasteiger partial charge in [0.1, 0.15) is 6.04 Å². The van der Waals surface area contributed by atoms with Crippen molar-refractivity contribution in [2.24, 2.45) is 0 Å². The summed E-state index contributed by atoms with van der Waals surface area (Å²) in [5, 5.41) is 24.0. The highest BCUT2D eigenvalue weighted by molar-refractivity contribution is 9.10. The molecule has 20 heavy (non-hydrogen) atoms. The molecular weight excluding hydrogens is 352 g/mol. The van der Waals surface area contributed by atoms with Gasteiger partial charge in [0, 0.05) is 21.2 Å². The molecule has 1 aromatic rings. The minimum Gasteiger partial charge on any atom is -0.481 e. The minimum absolute atomic E-state index is 0.164. The third-order valence-electron chi connectivity index (χ3n) is 2.30. The number of nitrogens with one attached hydrogen (secondary N) is 2. The van der Waals surface area contributed by atoms with Crippen molar-refractivity contribution in [1.29, 1.82) is 0 Å². The van der Waals surface area contributed by atoms with E-state index >= 15 is 0 Å². The van der Waals surface area contributed by atoms with Gasteiger partial charge in [0.15, 0.2) is 0 Å². The first kappa shape index (κ1) is 16.4. The van der Waals surface area contributed by atoms with E-state index < -0.39 is 24.0 Å². The van der Waals surface area contributed by atoms with E-state index in [0.717, 1.165) is 9.35 Å². The molecule has 2 amide bonds. The number of carboxylic acids is 2. The van der Waals surface area contributed by atoms with Crippen LogP contribution < -0.4 is 10.6 Å². The lowest BCUT2D eigenvalue weighted by molar-refractivity contribution is -0.140. The van der Waals surface area contributed by atoms with E-state index in [1.54, 1.807) is 0 Å². The largest absolute Gasteiger partial charge is 0.481 e. The van der Waals surface area contributed by atoms with Crippen LogP contribution in [0.5, 0.6) is 0 Å². The molecule has 0 saturated carbocycles. The Bertz CT molecular complexity index is 505. The number of carbonyl (C=O) groups excluding carboxylic acids is 1. The normalized spacial score (nSPS) is 11.7. The Labute approximate surface area is 127 Å². The van der Waals surface area contributed by atoms with Gasteiger partial charge in [-0.3, -0.25) is 4.79 Å². The van der Waals surface area contributed by atoms with Gasteiger partial charge < -0.3 is 20.8 Å². The summed E-state index contributed by atoms with van der Waals surface area (Å²) < 4.78 is 0.907. The highest BCUT2D eigenvalue weighted by atomic mass is 79.9. The first-order chi connectivity index (χ1) is 9.38. The smallest absolute Gasteiger partial charge is 0.326 e. The average molecular weight is 365 g/mol. The summed E-state index contributed by atoms with van der Waals surface area (Å²) in [6, 6.07) is -0.0298. The average Bonchev–Trinajstić information content (AvgIpc) is 2.77. The minimum atomic E-state index is -1.26. The van der Waals surface area contributed by atoms with Crippen molar-refractivity contribution in [2.45, 2.75) is 25.4 Å². The molecule has 0 saturated heterocycles. The van der Waals surface area contributed by atoms with Crippen LogP contribution in [0.4, 0.5) is 4.79 Å². The first-order valence-corrected chi connectivity index (χ1v) is 7.27. The maximum Gasteiger partial charge on any atom is 0.326 e. The fourth-order valence-corrected chi connectivity index (χ4v) is 2.74. The van der Waals surface area contributed by atoms with Crippen LogP contribution in [0.3, 0.4) is 0 Å². The van der Waals surface area contributed by atoms with Gasteiger partial charge in [-0.05, 0) is 28.4 Å². The van der Waals surface area contributed by atoms with Gasteiger partial charge in [-0.25, -0.2) is 9.59 Å². The number of thiophene rings is 1. The summed E-state index contributed by atoms with van der Waals surface area (Å²) in [6.07, 6.45) is -0.488. The molecule has 1 heterocycles. The first-order valence-electron chi connectivity index (χ1n) is 5.60. The molecule has 0 fully saturated rings. The van der Waals surface area contributed by atoms with E-state index in [1.165, 1.54) is 11.3 Å². The van der Waals surface area contributed by atoms with Gasteiger partial charge in [0.2, 0.25) is 0 Å². The number of hydrogen-bond acceptors (Lipinski definition) is 4. The van der Waals surface area contributed by atoms with E-state index in [4.69, 9.17) is 10.2 Å². The number of halogens is 1. The lowest BCUT2D eigenvalue weighted by Crippen LogP contribution is -2.45. The number of urea groups is 1. The third-order valence-corrected chi connectivity index (χ3v) is 3.99. The van der Waals surface area contributed by atoms with Crippen LogP contribution in [0.1, 0.15) is 17.7 Å². The summed E-state index contributed by atoms with van der Waals surface area (Å²) in [7, 11) is 0. The fourth-order valence-electron chi connectivity index (χ4n) is 1.35. The van der Waals surface area contributed by atoms with E-state index in [1.807, 2.05) is 11.4 Å². The van der Waals surface area contributed by atoms with Crippen molar-refractivity contribution in [3.63, 3.8) is 0 Å². The second-order valence-electron chi connectivity index (χ2n) is 3.88. The van der Waals surface area contributed by atoms with Crippen LogP contribution in [-0.4, -0.2) is 34.2 Å². The second kappa shape index (κ2) is 7.85. The molecule has 0 radical (unpaired) electrons. The van der Waals surface area contributed by atoms with Gasteiger partial charge in [-0.15, -0.1) is 11.3 Å². The van der Waals surface area contributed by atoms with Crippen LogP contribution in [0.25, 0.3) is 0 Å². The predicted molar refractivity (Wildman–Crippen MR) is 75.7 cm³/mol. The predicted octanol–water partition coefficient (Wildman–Crippen LogP) is 1.63. The molecule has 9 heteroatoms. The molecule has 1 unspecified atom stereocenters. The van der Waals surface area contributed by atoms with Crippen LogP contribution >= 0.6 is 27.3 Å². The number of carbonyl (C=O) groups is 3. The summed E-state index contributed by atoms with van der Waals surface area (Å²) in [6.45, 7) is 0.271. The van der Waals surface area contributed by atoms with Crippen molar-refractivity contribution in [3.8, 4) is 0 Å². The van der Waals surface area contributed by atoms with Crippen molar-refractivity contribution < 1.29 is 24.6 Å². The highest BCUT2D eigenvalue weighted by Gasteiger charge is 2.20. The zero-order valence-corrected chi connectivity index (χ0v) is 12.7. The van der Waals surface area contributed by atoms with Crippen molar-refractivity contribution >= 4 is 45.2 Å². The van der Waals surface area contributed by atoms with Gasteiger partial charge in [-0.2, -0.15) is 0 Å². The van der Waals surface area contributed by atoms with E-state index in [0.29, 0.717) is 0 Å². The van der Waals surface area contributed by atoms with Gasteiger partial charge in [0.05, 0.1) is 6.54 Å². The van der Waals surface area contributed by atoms with Crippen molar-refractivity contribution in [2.75, 3.05) is 0 Å². The SMILES string of the molecule is O=C(O)CCC(NC(=O)NCc1cc(Br)cs1)C(=O)O. The third kappa shape index (κ3) is 6.02. The summed E-state index contributed by atoms with van der Waals surface area (Å²) in [5.74, 6) is -2.37. The molecule has 0 aliphatic rings. The van der Waals surface area contributed by atoms with E-state index in [9.17, 15) is 14.4 Å². The molecule has 0 aliphatic carbocycles. The highest BCUT2D eigenvalue weighted by Crippen LogP contribution is 2.19. The maximum absolute atomic E-state index is 11.5. The molecular formula is C11H13BrN2O5S. The number of carboxylic acid groups (broad SMARTS) is 2. The van der Waals surface area contributed by atoms with Gasteiger partial charge in [0.25, 0.3) is 0 Å². The number of hydrogen-bond donors (Lipinski definition) is 4. The van der Waals surface area contributed by atoms with Gasteiger partial charge >= 0.3 is 18.0 Å². The Morgan fingerprint density at radius 3 is 2.55 bits per heavy atom. The second-order valence-corrected chi connectivity index (χ2v) is 5.79. The monoisotopic (exact) mass is 364 g/mol. The molecule has 4 N–H and O–H groups in total. The standard InChI is InChI=1S/C11H13BrN2O5S/c12-6-3-7(20-5-6)4-13-11(19)14-8(10(17)18)1-2-9(15)16/h3,5,8H,1-2,4H2,(H,15,16)(H,17,18)(H2,13,14,19). The van der Waals surface area contributed by atoms with E-state index in [-0.39, 0.29) is 19.4 Å². The molecule has 0 bridgehead atoms. The Balaban J connectivity index is 2.41. The molecule has 1 atom stereocenters. The van der Waals surface area contributed by atoms with Crippen molar-refractivity contribution in [1.82, 2.24) is 10.6 Å². The number of amides is 2. The fraction of sp³-hybridized carbons (Fsp3) is 0.364. The van der Waals surface area contributed by atoms with Crippen LogP contribution in [0, 0.1) is 0 Å². The maximum atomic E-state index is 11.5. The Morgan fingerprint density at radius 1 is 1.35 bits per heavy atom. The van der Waals surface area contributed by atoms with Crippen LogP contribution in [0.2, 0.25) is 0 Å². The topological polar surface area (TPSA) is 116 Å². The molecule has 0 aliphatic heterocycles. The molecule has 1 rings (SSSR count). The number of rotatable bonds is 7. The molecule has 110 valence electrons.